The van der Waals surface area contributed by atoms with Crippen molar-refractivity contribution >= 4 is 53.5 Å². The molecule has 22 N–H and O–H groups in total. The van der Waals surface area contributed by atoms with E-state index in [0.29, 0.717) is 29.4 Å². The highest BCUT2D eigenvalue weighted by molar-refractivity contribution is 6.02. The number of aliphatic imine (C=N–C) groups is 3. The predicted molar refractivity (Wildman–Crippen MR) is 229 cm³/mol. The van der Waals surface area contributed by atoms with Crippen molar-refractivity contribution in [2.24, 2.45) is 32.2 Å². The lowest BCUT2D eigenvalue weighted by atomic mass is 9.81. The second-order valence-corrected chi connectivity index (χ2v) is 16.8. The van der Waals surface area contributed by atoms with Gasteiger partial charge in [-0.1, -0.05) is 0 Å². The standard InChI is InChI=1S/C36H62N12O22/c1-43(7-19(55)46-4-16(52)25(61)22(58)13(46)10-49)32(37)40-28(29(64)65)35(70,30(66)67)36(31(68)69,41-33(38)44(2)8-20(56)47-5-17(53)26(62)23(59)14(47)11-50)42-34(39)45(3)9-21(57)48-6-18(54)27(63)24(60)15(48)12-51/h13-18,22-28,49-54,58-63,70H,4-12H2,1-3H3,(H2,37,40)(H2,38,41)(H2,39,42)(H,64,65)(H,66,67)(H,68,69)/t13-,14-,15-,16+,17+,18+,22-,23-,24-,25-,26-,27-,28?,35?/m1/s1. The molecule has 0 saturated carbocycles. The van der Waals surface area contributed by atoms with Crippen LogP contribution in [0.1, 0.15) is 0 Å². The number of carbonyl (C=O) groups excluding carboxylic acids is 3. The fourth-order valence-electron chi connectivity index (χ4n) is 7.83. The third-order valence-corrected chi connectivity index (χ3v) is 12.2. The summed E-state index contributed by atoms with van der Waals surface area (Å²) in [5, 5.41) is 166. The van der Waals surface area contributed by atoms with Gasteiger partial charge in [-0.2, -0.15) is 0 Å². The van der Waals surface area contributed by atoms with Gasteiger partial charge in [0.05, 0.1) is 57.6 Å². The molecule has 3 aliphatic heterocycles. The maximum absolute atomic E-state index is 13.6. The predicted octanol–water partition coefficient (Wildman–Crippen LogP) is -14.4. The van der Waals surface area contributed by atoms with Crippen molar-refractivity contribution < 1.29 is 110 Å². The Kier molecular flexibility index (Phi) is 19.5. The topological polar surface area (TPSA) is 561 Å². The van der Waals surface area contributed by atoms with Gasteiger partial charge in [0.15, 0.2) is 23.9 Å². The van der Waals surface area contributed by atoms with E-state index in [-0.39, 0.29) is 0 Å². The van der Waals surface area contributed by atoms with Gasteiger partial charge in [-0.15, -0.1) is 0 Å². The van der Waals surface area contributed by atoms with Crippen molar-refractivity contribution in [1.82, 2.24) is 29.4 Å². The molecular formula is C36H62N12O22. The van der Waals surface area contributed by atoms with Crippen LogP contribution in [0.25, 0.3) is 0 Å². The average molecular weight is 1010 g/mol. The molecule has 398 valence electrons. The van der Waals surface area contributed by atoms with Crippen LogP contribution in [-0.2, 0) is 28.8 Å². The number of nitrogens with zero attached hydrogens (tertiary/aromatic N) is 9. The first-order chi connectivity index (χ1) is 32.4. The zero-order valence-electron chi connectivity index (χ0n) is 37.7. The van der Waals surface area contributed by atoms with E-state index < -0.39 is 203 Å². The maximum atomic E-state index is 13.6. The summed E-state index contributed by atoms with van der Waals surface area (Å²) in [6.07, 6.45) is -16.4. The van der Waals surface area contributed by atoms with E-state index in [9.17, 15) is 110 Å². The van der Waals surface area contributed by atoms with Crippen molar-refractivity contribution in [1.29, 1.82) is 0 Å². The van der Waals surface area contributed by atoms with E-state index in [1.165, 1.54) is 0 Å². The van der Waals surface area contributed by atoms with Crippen molar-refractivity contribution in [3.63, 3.8) is 0 Å². The summed E-state index contributed by atoms with van der Waals surface area (Å²) in [7, 11) is 2.74. The molecule has 3 saturated heterocycles. The van der Waals surface area contributed by atoms with Gasteiger partial charge in [0, 0.05) is 40.8 Å². The number of hydrogen-bond acceptors (Lipinski definition) is 22. The maximum Gasteiger partial charge on any atom is 0.358 e. The first kappa shape index (κ1) is 58.4. The smallest absolute Gasteiger partial charge is 0.358 e. The van der Waals surface area contributed by atoms with Crippen LogP contribution in [0.4, 0.5) is 0 Å². The molecule has 0 bridgehead atoms. The Morgan fingerprint density at radius 1 is 0.529 bits per heavy atom. The molecule has 2 unspecified atom stereocenters. The Labute approximate surface area is 395 Å². The van der Waals surface area contributed by atoms with Crippen LogP contribution >= 0.6 is 0 Å². The van der Waals surface area contributed by atoms with E-state index in [2.05, 4.69) is 15.0 Å². The highest BCUT2D eigenvalue weighted by atomic mass is 16.4. The number of carboxylic acids is 3. The molecule has 3 amide bonds. The number of nitrogens with two attached hydrogens (primary N) is 3. The number of piperidine rings is 3. The van der Waals surface area contributed by atoms with Crippen molar-refractivity contribution in [3.8, 4) is 0 Å². The second-order valence-electron chi connectivity index (χ2n) is 16.8. The number of aliphatic hydroxyl groups is 13. The van der Waals surface area contributed by atoms with Crippen LogP contribution in [0, 0.1) is 0 Å². The molecule has 3 fully saturated rings. The Hall–Kier alpha value is -5.89. The van der Waals surface area contributed by atoms with Gasteiger partial charge >= 0.3 is 17.9 Å². The normalized spacial score (nSPS) is 31.2. The zero-order valence-corrected chi connectivity index (χ0v) is 37.7. The summed E-state index contributed by atoms with van der Waals surface area (Å²) >= 11 is 0. The number of guanidine groups is 3. The molecule has 3 aliphatic rings. The molecule has 0 aromatic heterocycles. The number of amides is 3. The fourth-order valence-corrected chi connectivity index (χ4v) is 7.83. The first-order valence-electron chi connectivity index (χ1n) is 20.8. The van der Waals surface area contributed by atoms with Crippen LogP contribution in [0.3, 0.4) is 0 Å². The Morgan fingerprint density at radius 3 is 1.06 bits per heavy atom. The molecule has 0 radical (unpaired) electrons. The van der Waals surface area contributed by atoms with Gasteiger partial charge in [-0.05, 0) is 0 Å². The molecule has 0 spiro atoms. The minimum atomic E-state index is -4.61. The van der Waals surface area contributed by atoms with E-state index in [1.807, 2.05) is 0 Å². The molecule has 3 heterocycles. The highest BCUT2D eigenvalue weighted by Crippen LogP contribution is 2.36. The van der Waals surface area contributed by atoms with E-state index in [1.54, 1.807) is 0 Å². The molecule has 14 atom stereocenters. The number of aliphatic carboxylic acids is 3. The van der Waals surface area contributed by atoms with Gasteiger partial charge in [-0.3, -0.25) is 14.4 Å². The third kappa shape index (κ3) is 11.6. The minimum absolute atomic E-state index is 0.551. The van der Waals surface area contributed by atoms with Crippen LogP contribution in [0.15, 0.2) is 15.0 Å². The summed E-state index contributed by atoms with van der Waals surface area (Å²) < 4.78 is 0. The van der Waals surface area contributed by atoms with Gasteiger partial charge in [-0.25, -0.2) is 29.4 Å². The van der Waals surface area contributed by atoms with E-state index >= 15 is 0 Å². The van der Waals surface area contributed by atoms with Crippen molar-refractivity contribution in [2.45, 2.75) is 90.4 Å². The molecule has 70 heavy (non-hydrogen) atoms. The van der Waals surface area contributed by atoms with Crippen LogP contribution in [0.5, 0.6) is 0 Å². The minimum Gasteiger partial charge on any atom is -0.480 e. The summed E-state index contributed by atoms with van der Waals surface area (Å²) in [4.78, 5) is 94.9. The first-order valence-corrected chi connectivity index (χ1v) is 20.8. The lowest BCUT2D eigenvalue weighted by Gasteiger charge is -2.43. The molecule has 3 rings (SSSR count). The number of rotatable bonds is 17. The lowest BCUT2D eigenvalue weighted by molar-refractivity contribution is -0.184. The number of aliphatic hydroxyl groups excluding tert-OH is 12. The molecule has 34 heteroatoms. The van der Waals surface area contributed by atoms with Crippen LogP contribution in [-0.4, -0.2) is 335 Å². The Balaban J connectivity index is 2.24. The number of likely N-dealkylation sites (tertiary alicyclic amines) is 3. The summed E-state index contributed by atoms with van der Waals surface area (Å²) in [6, 6.07) is -7.99. The van der Waals surface area contributed by atoms with Crippen molar-refractivity contribution in [2.75, 3.05) is 80.2 Å². The van der Waals surface area contributed by atoms with Gasteiger partial charge in [0.25, 0.3) is 11.3 Å². The fraction of sp³-hybridized carbons (Fsp3) is 0.750. The highest BCUT2D eigenvalue weighted by Gasteiger charge is 2.70. The molecule has 0 aromatic rings. The Morgan fingerprint density at radius 2 is 0.814 bits per heavy atom. The molecule has 0 aromatic carbocycles. The molecular weight excluding hydrogens is 952 g/mol. The SMILES string of the molecule is CN(CC(=O)N1C[C@H](O)[C@@H](O)[C@H](O)[C@H]1CO)C(N)=NC(C(=O)O)C(O)(C(=O)O)C(N=C(N)N(C)CC(=O)N1C[C@H](O)[C@@H](O)[C@H](O)[C@H]1CO)(N=C(N)N(C)CC(=O)N1C[C@H](O)[C@@H](O)[C@H](O)[C@H]1CO)C(=O)O. The number of carbonyl (C=O) groups is 6. The van der Waals surface area contributed by atoms with Crippen LogP contribution in [0.2, 0.25) is 0 Å². The second kappa shape index (κ2) is 23.3. The number of hydrogen-bond donors (Lipinski definition) is 19. The van der Waals surface area contributed by atoms with E-state index in [0.717, 1.165) is 21.1 Å². The summed E-state index contributed by atoms with van der Waals surface area (Å²) in [5.41, 5.74) is 9.26. The van der Waals surface area contributed by atoms with Gasteiger partial charge in [0.1, 0.15) is 54.9 Å². The lowest BCUT2D eigenvalue weighted by Crippen LogP contribution is -2.70. The van der Waals surface area contributed by atoms with Crippen molar-refractivity contribution in [3.05, 3.63) is 0 Å². The van der Waals surface area contributed by atoms with Gasteiger partial charge < -0.3 is 128 Å². The monoisotopic (exact) mass is 1010 g/mol. The molecule has 0 aliphatic carbocycles. The zero-order chi connectivity index (χ0) is 53.7. The summed E-state index contributed by atoms with van der Waals surface area (Å²) in [5.74, 6) is -15.0. The van der Waals surface area contributed by atoms with Gasteiger partial charge in [0.2, 0.25) is 17.7 Å². The number of likely N-dealkylation sites (N-methyl/N-ethyl adjacent to an activating group) is 3. The summed E-state index contributed by atoms with van der Waals surface area (Å²) in [6.45, 7) is -8.03. The number of carboxylic acid groups (broad SMARTS) is 3. The van der Waals surface area contributed by atoms with Crippen LogP contribution < -0.4 is 17.2 Å². The average Bonchev–Trinajstić information content (AvgIpc) is 3.29. The quantitative estimate of drug-likeness (QED) is 0.0475. The number of β-amino-alcohol motifs (C(OH)–C–C–N with tert-alkyl or cyclic N) is 3. The Bertz CT molecular complexity index is 1950. The largest absolute Gasteiger partial charge is 0.480 e. The molecule has 34 nitrogen and oxygen atoms in total. The van der Waals surface area contributed by atoms with E-state index in [4.69, 9.17) is 17.2 Å². The third-order valence-electron chi connectivity index (χ3n) is 12.2.